The molecule has 0 aliphatic rings. The van der Waals surface area contributed by atoms with Crippen LogP contribution in [0.25, 0.3) is 0 Å². The van der Waals surface area contributed by atoms with Crippen LogP contribution in [0.4, 0.5) is 16.3 Å². The molecule has 0 atom stereocenters. The largest absolute Gasteiger partial charge is 0.453 e. The van der Waals surface area contributed by atoms with Crippen LogP contribution in [0.3, 0.4) is 0 Å². The van der Waals surface area contributed by atoms with E-state index < -0.39 is 6.09 Å². The molecule has 2 aromatic rings. The van der Waals surface area contributed by atoms with Gasteiger partial charge in [0.2, 0.25) is 5.82 Å². The number of nitrogens with zero attached hydrogens (tertiary/aromatic N) is 4. The van der Waals surface area contributed by atoms with Crippen LogP contribution in [0.2, 0.25) is 0 Å². The van der Waals surface area contributed by atoms with Gasteiger partial charge in [-0.25, -0.2) is 14.4 Å². The lowest BCUT2D eigenvalue weighted by Gasteiger charge is -2.06. The first kappa shape index (κ1) is 22.1. The molecule has 156 valence electrons. The molecule has 0 saturated heterocycles. The fourth-order valence-electron chi connectivity index (χ4n) is 2.05. The molecule has 1 heterocycles. The lowest BCUT2D eigenvalue weighted by atomic mass is 10.2. The number of anilines is 1. The Morgan fingerprint density at radius 1 is 1.41 bits per heavy atom. The molecule has 0 radical (unpaired) electrons. The fraction of sp³-hybridized carbons (Fsp3) is 0.312. The average Bonchev–Trinajstić information content (AvgIpc) is 3.16. The molecule has 6 N–H and O–H groups in total. The minimum atomic E-state index is -0.688. The number of hydrogen-bond acceptors (Lipinski definition) is 9. The minimum absolute atomic E-state index is 0.0381. The monoisotopic (exact) mass is 468 g/mol. The number of aliphatic imine (C=N–C) groups is 2. The summed E-state index contributed by atoms with van der Waals surface area (Å²) in [5, 5.41) is 22.3. The Bertz CT molecular complexity index is 899. The van der Waals surface area contributed by atoms with E-state index in [2.05, 4.69) is 51.6 Å². The van der Waals surface area contributed by atoms with Crippen molar-refractivity contribution in [1.82, 2.24) is 21.1 Å². The number of alkyl carbamates (subject to hydrolysis) is 1. The molecule has 12 nitrogen and oxygen atoms in total. The van der Waals surface area contributed by atoms with Crippen molar-refractivity contribution in [2.24, 2.45) is 15.7 Å². The summed E-state index contributed by atoms with van der Waals surface area (Å²) in [5.41, 5.74) is 9.39. The number of amides is 1. The van der Waals surface area contributed by atoms with Gasteiger partial charge in [-0.15, -0.1) is 0 Å². The summed E-state index contributed by atoms with van der Waals surface area (Å²) in [5.74, 6) is 0.318. The minimum Gasteiger partial charge on any atom is -0.453 e. The lowest BCUT2D eigenvalue weighted by Crippen LogP contribution is -2.36. The molecule has 0 saturated carbocycles. The summed E-state index contributed by atoms with van der Waals surface area (Å²) in [6, 6.07) is 5.49. The van der Waals surface area contributed by atoms with Crippen LogP contribution in [0.15, 0.2) is 37.3 Å². The molecule has 0 aliphatic carbocycles. The molecule has 13 heteroatoms. The molecular weight excluding hydrogens is 448 g/mol. The van der Waals surface area contributed by atoms with Gasteiger partial charge >= 0.3 is 6.09 Å². The third kappa shape index (κ3) is 6.73. The topological polar surface area (TPSA) is 172 Å². The lowest BCUT2D eigenvalue weighted by molar-refractivity contribution is 0.176. The number of nitrogens with two attached hydrogens (primary N) is 1. The number of aromatic nitrogens is 2. The number of benzene rings is 1. The Balaban J connectivity index is 1.97. The van der Waals surface area contributed by atoms with Crippen LogP contribution in [0, 0.1) is 6.92 Å². The Labute approximate surface area is 174 Å². The summed E-state index contributed by atoms with van der Waals surface area (Å²) in [7, 11) is 1.23. The summed E-state index contributed by atoms with van der Waals surface area (Å²) >= 11 is 3.44. The third-order valence-electron chi connectivity index (χ3n) is 3.54. The quantitative estimate of drug-likeness (QED) is 0.175. The van der Waals surface area contributed by atoms with Gasteiger partial charge in [0.05, 0.1) is 12.8 Å². The molecule has 0 unspecified atom stereocenters. The molecule has 2 rings (SSSR count). The van der Waals surface area contributed by atoms with E-state index in [9.17, 15) is 10.0 Å². The summed E-state index contributed by atoms with van der Waals surface area (Å²) < 4.78 is 10.0. The van der Waals surface area contributed by atoms with Crippen LogP contribution in [-0.2, 0) is 4.74 Å². The number of hydrogen-bond donors (Lipinski definition) is 5. The number of guanidine groups is 1. The highest BCUT2D eigenvalue weighted by atomic mass is 79.9. The smallest absolute Gasteiger partial charge is 0.413 e. The number of halogens is 1. The first-order valence-electron chi connectivity index (χ1n) is 8.41. The molecule has 0 bridgehead atoms. The standard InChI is InChI=1S/C16H21BrN8O4/c1-9-4-5-10(8-11(9)17)21-14(23-27)12-13(25-29-24-12)19-6-3-7-20-15(18)22-16(26)28-2/h4-5,8,27H,3,6-7H2,1-2H3,(H,19,25)(H,21,23)(H3,18,20,22,26). The van der Waals surface area contributed by atoms with Gasteiger partial charge in [0.1, 0.15) is 0 Å². The summed E-state index contributed by atoms with van der Waals surface area (Å²) in [6.07, 6.45) is -0.119. The van der Waals surface area contributed by atoms with Crippen LogP contribution in [0.5, 0.6) is 0 Å². The van der Waals surface area contributed by atoms with Gasteiger partial charge in [0, 0.05) is 17.6 Å². The number of hydroxylamine groups is 1. The second-order valence-electron chi connectivity index (χ2n) is 5.63. The van der Waals surface area contributed by atoms with Crippen LogP contribution >= 0.6 is 15.9 Å². The highest BCUT2D eigenvalue weighted by Gasteiger charge is 2.16. The second-order valence-corrected chi connectivity index (χ2v) is 6.49. The number of carbonyl (C=O) groups excluding carboxylic acids is 1. The van der Waals surface area contributed by atoms with Gasteiger partial charge in [0.25, 0.3) is 0 Å². The predicted molar refractivity (Wildman–Crippen MR) is 109 cm³/mol. The van der Waals surface area contributed by atoms with Gasteiger partial charge in [-0.3, -0.25) is 21.0 Å². The third-order valence-corrected chi connectivity index (χ3v) is 4.39. The maximum Gasteiger partial charge on any atom is 0.413 e. The first-order chi connectivity index (χ1) is 13.9. The van der Waals surface area contributed by atoms with E-state index in [1.54, 1.807) is 12.1 Å². The Morgan fingerprint density at radius 2 is 2.21 bits per heavy atom. The number of carbonyl (C=O) groups is 1. The maximum absolute atomic E-state index is 11.0. The van der Waals surface area contributed by atoms with E-state index >= 15 is 0 Å². The highest BCUT2D eigenvalue weighted by Crippen LogP contribution is 2.23. The van der Waals surface area contributed by atoms with Crippen molar-refractivity contribution < 1.29 is 19.4 Å². The Morgan fingerprint density at radius 3 is 2.90 bits per heavy atom. The molecule has 0 spiro atoms. The van der Waals surface area contributed by atoms with Crippen molar-refractivity contribution in [2.45, 2.75) is 13.3 Å². The zero-order valence-electron chi connectivity index (χ0n) is 15.8. The molecule has 1 amide bonds. The SMILES string of the molecule is COC(=O)NC(N)=NCCCNc1nonc1C(=Nc1ccc(C)c(Br)c1)NO. The maximum atomic E-state index is 11.0. The van der Waals surface area contributed by atoms with Crippen LogP contribution in [0.1, 0.15) is 17.7 Å². The van der Waals surface area contributed by atoms with Crippen LogP contribution < -0.4 is 21.8 Å². The average molecular weight is 469 g/mol. The van der Waals surface area contributed by atoms with Gasteiger partial charge in [0.15, 0.2) is 17.5 Å². The number of ether oxygens (including phenoxy) is 1. The van der Waals surface area contributed by atoms with Gasteiger partial charge < -0.3 is 15.8 Å². The number of nitrogens with one attached hydrogen (secondary N) is 3. The zero-order valence-corrected chi connectivity index (χ0v) is 17.4. The van der Waals surface area contributed by atoms with Crippen molar-refractivity contribution in [2.75, 3.05) is 25.5 Å². The Kier molecular flexibility index (Phi) is 8.36. The van der Waals surface area contributed by atoms with Crippen molar-refractivity contribution in [3.63, 3.8) is 0 Å². The van der Waals surface area contributed by atoms with E-state index in [1.807, 2.05) is 18.5 Å². The van der Waals surface area contributed by atoms with E-state index in [4.69, 9.17) is 10.4 Å². The number of methoxy groups -OCH3 is 1. The van der Waals surface area contributed by atoms with Crippen molar-refractivity contribution in [3.05, 3.63) is 33.9 Å². The number of aryl methyl sites for hydroxylation is 1. The normalized spacial score (nSPS) is 11.9. The highest BCUT2D eigenvalue weighted by molar-refractivity contribution is 9.10. The van der Waals surface area contributed by atoms with E-state index in [1.165, 1.54) is 7.11 Å². The van der Waals surface area contributed by atoms with E-state index in [0.717, 1.165) is 10.0 Å². The molecular formula is C16H21BrN8O4. The molecule has 1 aromatic carbocycles. The molecule has 0 fully saturated rings. The molecule has 1 aromatic heterocycles. The summed E-state index contributed by atoms with van der Waals surface area (Å²) in [6.45, 7) is 2.75. The number of amidine groups is 1. The molecule has 0 aliphatic heterocycles. The molecule has 29 heavy (non-hydrogen) atoms. The van der Waals surface area contributed by atoms with Crippen molar-refractivity contribution in [1.29, 1.82) is 0 Å². The fourth-order valence-corrected chi connectivity index (χ4v) is 2.42. The number of rotatable bonds is 7. The first-order valence-corrected chi connectivity index (χ1v) is 9.20. The van der Waals surface area contributed by atoms with Crippen molar-refractivity contribution >= 4 is 45.3 Å². The van der Waals surface area contributed by atoms with E-state index in [0.29, 0.717) is 31.0 Å². The van der Waals surface area contributed by atoms with Crippen LogP contribution in [-0.4, -0.2) is 53.6 Å². The van der Waals surface area contributed by atoms with Crippen molar-refractivity contribution in [3.8, 4) is 0 Å². The van der Waals surface area contributed by atoms with Gasteiger partial charge in [-0.05, 0) is 41.4 Å². The second kappa shape index (κ2) is 11.0. The van der Waals surface area contributed by atoms with Gasteiger partial charge in [-0.2, -0.15) is 0 Å². The Hall–Kier alpha value is -3.19. The zero-order chi connectivity index (χ0) is 21.2. The van der Waals surface area contributed by atoms with Gasteiger partial charge in [-0.1, -0.05) is 22.0 Å². The predicted octanol–water partition coefficient (Wildman–Crippen LogP) is 1.67. The summed E-state index contributed by atoms with van der Waals surface area (Å²) in [4.78, 5) is 19.3. The van der Waals surface area contributed by atoms with E-state index in [-0.39, 0.29) is 17.5 Å².